The number of nitrogens with zero attached hydrogens (tertiary/aromatic N) is 2. The summed E-state index contributed by atoms with van der Waals surface area (Å²) in [5.41, 5.74) is 3.30. The van der Waals surface area contributed by atoms with Crippen LogP contribution in [0.25, 0.3) is 0 Å². The second kappa shape index (κ2) is 6.74. The number of pyridine rings is 1. The Morgan fingerprint density at radius 2 is 2.10 bits per heavy atom. The molecular formula is C16H19N3O2. The highest BCUT2D eigenvalue weighted by Crippen LogP contribution is 2.25. The number of methoxy groups -OCH3 is 1. The molecule has 0 unspecified atom stereocenters. The topological polar surface area (TPSA) is 54.5 Å². The minimum Gasteiger partial charge on any atom is -0.453 e. The molecule has 0 radical (unpaired) electrons. The predicted octanol–water partition coefficient (Wildman–Crippen LogP) is 3.73. The largest absolute Gasteiger partial charge is 0.453 e. The predicted molar refractivity (Wildman–Crippen MR) is 84.1 cm³/mol. The monoisotopic (exact) mass is 285 g/mol. The van der Waals surface area contributed by atoms with Crippen LogP contribution in [0.2, 0.25) is 0 Å². The zero-order valence-corrected chi connectivity index (χ0v) is 12.5. The minimum absolute atomic E-state index is 0.464. The molecule has 5 nitrogen and oxygen atoms in total. The molecule has 1 aromatic heterocycles. The first-order valence-corrected chi connectivity index (χ1v) is 6.79. The van der Waals surface area contributed by atoms with Crippen molar-refractivity contribution in [3.63, 3.8) is 0 Å². The molecule has 2 rings (SSSR count). The summed E-state index contributed by atoms with van der Waals surface area (Å²) in [6.07, 6.45) is 1.21. The zero-order chi connectivity index (χ0) is 15.2. The van der Waals surface area contributed by atoms with E-state index < -0.39 is 6.09 Å². The molecule has 0 aliphatic rings. The van der Waals surface area contributed by atoms with E-state index >= 15 is 0 Å². The van der Waals surface area contributed by atoms with E-state index in [1.807, 2.05) is 12.1 Å². The van der Waals surface area contributed by atoms with Crippen molar-refractivity contribution in [2.24, 2.45) is 0 Å². The van der Waals surface area contributed by atoms with E-state index in [0.717, 1.165) is 17.9 Å². The Hall–Kier alpha value is -2.56. The summed E-state index contributed by atoms with van der Waals surface area (Å²) in [6, 6.07) is 12.0. The van der Waals surface area contributed by atoms with Gasteiger partial charge in [0.05, 0.1) is 19.0 Å². The molecule has 5 heteroatoms. The van der Waals surface area contributed by atoms with Gasteiger partial charge in [0.2, 0.25) is 0 Å². The molecule has 1 aromatic carbocycles. The standard InChI is InChI=1S/C16H19N3O2/c1-4-19(13-7-5-6-12(2)10-13)14-8-9-15(17-11-14)18-16(20)21-3/h5-11H,4H2,1-3H3,(H,17,18,20). The first-order chi connectivity index (χ1) is 10.1. The van der Waals surface area contributed by atoms with Crippen LogP contribution < -0.4 is 10.2 Å². The summed E-state index contributed by atoms with van der Waals surface area (Å²) >= 11 is 0. The van der Waals surface area contributed by atoms with Crippen molar-refractivity contribution < 1.29 is 9.53 Å². The van der Waals surface area contributed by atoms with Gasteiger partial charge >= 0.3 is 6.09 Å². The number of hydrogen-bond acceptors (Lipinski definition) is 4. The lowest BCUT2D eigenvalue weighted by molar-refractivity contribution is 0.187. The molecule has 2 aromatic rings. The van der Waals surface area contributed by atoms with Crippen LogP contribution in [0.15, 0.2) is 42.6 Å². The van der Waals surface area contributed by atoms with Gasteiger partial charge in [-0.3, -0.25) is 5.32 Å². The molecule has 1 amide bonds. The van der Waals surface area contributed by atoms with E-state index in [9.17, 15) is 4.79 Å². The number of anilines is 3. The van der Waals surface area contributed by atoms with Gasteiger partial charge in [0.15, 0.2) is 0 Å². The fraction of sp³-hybridized carbons (Fsp3) is 0.250. The van der Waals surface area contributed by atoms with Crippen molar-refractivity contribution in [2.75, 3.05) is 23.9 Å². The summed E-state index contributed by atoms with van der Waals surface area (Å²) in [5, 5.41) is 2.53. The number of aryl methyl sites for hydroxylation is 1. The second-order valence-corrected chi connectivity index (χ2v) is 4.60. The molecule has 0 bridgehead atoms. The third kappa shape index (κ3) is 3.72. The van der Waals surface area contributed by atoms with E-state index in [2.05, 4.69) is 52.0 Å². The lowest BCUT2D eigenvalue weighted by atomic mass is 10.2. The van der Waals surface area contributed by atoms with Crippen LogP contribution in [0.3, 0.4) is 0 Å². The van der Waals surface area contributed by atoms with Crippen LogP contribution in [-0.4, -0.2) is 24.7 Å². The van der Waals surface area contributed by atoms with Gasteiger partial charge < -0.3 is 9.64 Å². The number of ether oxygens (including phenoxy) is 1. The summed E-state index contributed by atoms with van der Waals surface area (Å²) in [5.74, 6) is 0.464. The van der Waals surface area contributed by atoms with Gasteiger partial charge in [-0.1, -0.05) is 12.1 Å². The molecule has 110 valence electrons. The van der Waals surface area contributed by atoms with Crippen molar-refractivity contribution in [1.29, 1.82) is 0 Å². The van der Waals surface area contributed by atoms with Gasteiger partial charge in [0.1, 0.15) is 5.82 Å². The fourth-order valence-corrected chi connectivity index (χ4v) is 2.09. The van der Waals surface area contributed by atoms with Gasteiger partial charge in [-0.25, -0.2) is 9.78 Å². The van der Waals surface area contributed by atoms with Gasteiger partial charge in [-0.15, -0.1) is 0 Å². The van der Waals surface area contributed by atoms with E-state index in [1.54, 1.807) is 12.3 Å². The van der Waals surface area contributed by atoms with Crippen LogP contribution in [0.1, 0.15) is 12.5 Å². The molecule has 21 heavy (non-hydrogen) atoms. The number of benzene rings is 1. The van der Waals surface area contributed by atoms with E-state index in [4.69, 9.17) is 0 Å². The summed E-state index contributed by atoms with van der Waals surface area (Å²) < 4.78 is 4.54. The number of amides is 1. The number of carbonyl (C=O) groups excluding carboxylic acids is 1. The third-order valence-electron chi connectivity index (χ3n) is 3.10. The van der Waals surface area contributed by atoms with Crippen LogP contribution in [0.5, 0.6) is 0 Å². The van der Waals surface area contributed by atoms with Crippen LogP contribution in [0, 0.1) is 6.92 Å². The summed E-state index contributed by atoms with van der Waals surface area (Å²) in [7, 11) is 1.32. The molecule has 1 heterocycles. The van der Waals surface area contributed by atoms with E-state index in [0.29, 0.717) is 5.82 Å². The van der Waals surface area contributed by atoms with Crippen LogP contribution in [0.4, 0.5) is 22.0 Å². The van der Waals surface area contributed by atoms with Crippen molar-refractivity contribution in [3.05, 3.63) is 48.2 Å². The average Bonchev–Trinajstić information content (AvgIpc) is 2.50. The lowest BCUT2D eigenvalue weighted by Gasteiger charge is -2.23. The van der Waals surface area contributed by atoms with Crippen LogP contribution >= 0.6 is 0 Å². The van der Waals surface area contributed by atoms with E-state index in [-0.39, 0.29) is 0 Å². The smallest absolute Gasteiger partial charge is 0.412 e. The number of nitrogens with one attached hydrogen (secondary N) is 1. The molecule has 0 aliphatic carbocycles. The first kappa shape index (κ1) is 14.8. The van der Waals surface area contributed by atoms with Gasteiger partial charge in [-0.2, -0.15) is 0 Å². The Balaban J connectivity index is 2.21. The average molecular weight is 285 g/mol. The highest BCUT2D eigenvalue weighted by molar-refractivity contribution is 5.83. The maximum absolute atomic E-state index is 11.1. The highest BCUT2D eigenvalue weighted by Gasteiger charge is 2.08. The Morgan fingerprint density at radius 3 is 2.67 bits per heavy atom. The van der Waals surface area contributed by atoms with Gasteiger partial charge in [-0.05, 0) is 43.7 Å². The Morgan fingerprint density at radius 1 is 1.29 bits per heavy atom. The molecule has 0 aliphatic heterocycles. The fourth-order valence-electron chi connectivity index (χ4n) is 2.09. The third-order valence-corrected chi connectivity index (χ3v) is 3.10. The van der Waals surface area contributed by atoms with Crippen molar-refractivity contribution >= 4 is 23.3 Å². The molecule has 1 N–H and O–H groups in total. The normalized spacial score (nSPS) is 10.0. The lowest BCUT2D eigenvalue weighted by Crippen LogP contribution is -2.17. The van der Waals surface area contributed by atoms with Crippen molar-refractivity contribution in [1.82, 2.24) is 4.98 Å². The van der Waals surface area contributed by atoms with Crippen molar-refractivity contribution in [3.8, 4) is 0 Å². The van der Waals surface area contributed by atoms with Crippen molar-refractivity contribution in [2.45, 2.75) is 13.8 Å². The number of carbonyl (C=O) groups is 1. The van der Waals surface area contributed by atoms with Gasteiger partial charge in [0, 0.05) is 12.2 Å². The summed E-state index contributed by atoms with van der Waals surface area (Å²) in [4.78, 5) is 17.5. The van der Waals surface area contributed by atoms with Gasteiger partial charge in [0.25, 0.3) is 0 Å². The maximum atomic E-state index is 11.1. The quantitative estimate of drug-likeness (QED) is 0.930. The SMILES string of the molecule is CCN(c1ccc(NC(=O)OC)nc1)c1cccc(C)c1. The Bertz CT molecular complexity index is 611. The molecule has 0 saturated heterocycles. The van der Waals surface area contributed by atoms with Crippen LogP contribution in [-0.2, 0) is 4.74 Å². The number of rotatable bonds is 4. The van der Waals surface area contributed by atoms with E-state index in [1.165, 1.54) is 12.7 Å². The Labute approximate surface area is 124 Å². The molecule has 0 saturated carbocycles. The highest BCUT2D eigenvalue weighted by atomic mass is 16.5. The molecular weight excluding hydrogens is 266 g/mol. The Kier molecular flexibility index (Phi) is 4.77. The molecule has 0 fully saturated rings. The zero-order valence-electron chi connectivity index (χ0n) is 12.5. The molecule has 0 spiro atoms. The minimum atomic E-state index is -0.527. The first-order valence-electron chi connectivity index (χ1n) is 6.79. The molecule has 0 atom stereocenters. The second-order valence-electron chi connectivity index (χ2n) is 4.60. The summed E-state index contributed by atoms with van der Waals surface area (Å²) in [6.45, 7) is 4.98. The maximum Gasteiger partial charge on any atom is 0.412 e. The number of aromatic nitrogens is 1. The number of hydrogen-bond donors (Lipinski definition) is 1.